The maximum atomic E-state index is 4.54. The molecule has 0 atom stereocenters. The van der Waals surface area contributed by atoms with Crippen molar-refractivity contribution in [1.82, 2.24) is 10.3 Å². The second-order valence-electron chi connectivity index (χ2n) is 7.12. The van der Waals surface area contributed by atoms with Crippen molar-refractivity contribution in [2.24, 2.45) is 11.3 Å². The summed E-state index contributed by atoms with van der Waals surface area (Å²) in [6.45, 7) is 8.92. The molecule has 2 aliphatic rings. The smallest absolute Gasteiger partial charge is 0.0981 e. The molecular weight excluding hydrogens is 240 g/mol. The molecule has 2 nitrogen and oxygen atoms in total. The van der Waals surface area contributed by atoms with Gasteiger partial charge < -0.3 is 5.32 Å². The zero-order valence-corrected chi connectivity index (χ0v) is 12.6. The van der Waals surface area contributed by atoms with Gasteiger partial charge in [0.15, 0.2) is 0 Å². The maximum absolute atomic E-state index is 4.54. The molecule has 1 aromatic heterocycles. The molecule has 100 valence electrons. The van der Waals surface area contributed by atoms with Gasteiger partial charge >= 0.3 is 0 Å². The highest BCUT2D eigenvalue weighted by Crippen LogP contribution is 2.60. The lowest BCUT2D eigenvalue weighted by molar-refractivity contribution is 0.404. The van der Waals surface area contributed by atoms with Crippen molar-refractivity contribution in [3.05, 3.63) is 16.1 Å². The highest BCUT2D eigenvalue weighted by Gasteiger charge is 2.53. The van der Waals surface area contributed by atoms with Gasteiger partial charge in [0.05, 0.1) is 5.01 Å². The van der Waals surface area contributed by atoms with Gasteiger partial charge in [0, 0.05) is 29.6 Å². The first-order valence-electron chi connectivity index (χ1n) is 7.16. The number of rotatable bonds is 5. The standard InChI is InChI=1S/C15H24N2S/c1-14(2,3)13-17-9-12(18-13)8-16-10-15(6-7-15)11-4-5-11/h9,11,16H,4-8,10H2,1-3H3. The summed E-state index contributed by atoms with van der Waals surface area (Å²) in [5, 5.41) is 4.91. The summed E-state index contributed by atoms with van der Waals surface area (Å²) in [4.78, 5) is 5.93. The molecule has 2 aliphatic carbocycles. The van der Waals surface area contributed by atoms with Crippen LogP contribution in [0.4, 0.5) is 0 Å². The second-order valence-corrected chi connectivity index (χ2v) is 8.24. The number of nitrogens with zero attached hydrogens (tertiary/aromatic N) is 1. The van der Waals surface area contributed by atoms with Crippen LogP contribution in [0.15, 0.2) is 6.20 Å². The molecular formula is C15H24N2S. The molecule has 1 aromatic rings. The third kappa shape index (κ3) is 2.62. The predicted octanol–water partition coefficient (Wildman–Crippen LogP) is 3.72. The third-order valence-corrected chi connectivity index (χ3v) is 5.73. The number of nitrogens with one attached hydrogen (secondary N) is 1. The summed E-state index contributed by atoms with van der Waals surface area (Å²) >= 11 is 1.86. The minimum atomic E-state index is 0.189. The molecule has 0 radical (unpaired) electrons. The minimum Gasteiger partial charge on any atom is -0.311 e. The lowest BCUT2D eigenvalue weighted by atomic mass is 9.98. The van der Waals surface area contributed by atoms with Crippen LogP contribution in [0.5, 0.6) is 0 Å². The van der Waals surface area contributed by atoms with Crippen LogP contribution in [0.3, 0.4) is 0 Å². The summed E-state index contributed by atoms with van der Waals surface area (Å²) in [6.07, 6.45) is 7.93. The van der Waals surface area contributed by atoms with E-state index < -0.39 is 0 Å². The van der Waals surface area contributed by atoms with Crippen LogP contribution in [-0.4, -0.2) is 11.5 Å². The molecule has 2 saturated carbocycles. The van der Waals surface area contributed by atoms with Crippen molar-refractivity contribution in [2.45, 2.75) is 58.4 Å². The van der Waals surface area contributed by atoms with Gasteiger partial charge in [-0.2, -0.15) is 0 Å². The van der Waals surface area contributed by atoms with Crippen molar-refractivity contribution < 1.29 is 0 Å². The van der Waals surface area contributed by atoms with Gasteiger partial charge in [0.25, 0.3) is 0 Å². The quantitative estimate of drug-likeness (QED) is 0.876. The van der Waals surface area contributed by atoms with Gasteiger partial charge in [0.2, 0.25) is 0 Å². The summed E-state index contributed by atoms with van der Waals surface area (Å²) in [6, 6.07) is 0. The SMILES string of the molecule is CC(C)(C)c1ncc(CNCC2(C3CC3)CC2)s1. The third-order valence-electron chi connectivity index (χ3n) is 4.31. The van der Waals surface area contributed by atoms with Gasteiger partial charge in [-0.15, -0.1) is 11.3 Å². The van der Waals surface area contributed by atoms with Crippen molar-refractivity contribution in [3.8, 4) is 0 Å². The fourth-order valence-corrected chi connectivity index (χ4v) is 3.70. The highest BCUT2D eigenvalue weighted by molar-refractivity contribution is 7.11. The summed E-state index contributed by atoms with van der Waals surface area (Å²) in [7, 11) is 0. The van der Waals surface area contributed by atoms with Crippen LogP contribution in [0, 0.1) is 11.3 Å². The molecule has 0 amide bonds. The van der Waals surface area contributed by atoms with E-state index in [-0.39, 0.29) is 5.41 Å². The van der Waals surface area contributed by atoms with Crippen molar-refractivity contribution in [1.29, 1.82) is 0 Å². The Morgan fingerprint density at radius 1 is 1.39 bits per heavy atom. The van der Waals surface area contributed by atoms with Gasteiger partial charge in [-0.05, 0) is 37.0 Å². The summed E-state index contributed by atoms with van der Waals surface area (Å²) in [5.41, 5.74) is 0.895. The van der Waals surface area contributed by atoms with Gasteiger partial charge in [-0.3, -0.25) is 0 Å². The largest absolute Gasteiger partial charge is 0.311 e. The first-order valence-corrected chi connectivity index (χ1v) is 7.97. The molecule has 2 fully saturated rings. The van der Waals surface area contributed by atoms with Crippen molar-refractivity contribution in [3.63, 3.8) is 0 Å². The summed E-state index contributed by atoms with van der Waals surface area (Å²) < 4.78 is 0. The normalized spacial score (nSPS) is 22.2. The van der Waals surface area contributed by atoms with Crippen LogP contribution < -0.4 is 5.32 Å². The average Bonchev–Trinajstić information content (AvgIpc) is 3.16. The van der Waals surface area contributed by atoms with Crippen molar-refractivity contribution in [2.75, 3.05) is 6.54 Å². The van der Waals surface area contributed by atoms with Crippen LogP contribution in [0.1, 0.15) is 56.3 Å². The Morgan fingerprint density at radius 2 is 2.11 bits per heavy atom. The Labute approximate surface area is 114 Å². The fraction of sp³-hybridized carbons (Fsp3) is 0.800. The van der Waals surface area contributed by atoms with Gasteiger partial charge in [0.1, 0.15) is 0 Å². The molecule has 1 N–H and O–H groups in total. The minimum absolute atomic E-state index is 0.189. The molecule has 3 rings (SSSR count). The molecule has 0 aliphatic heterocycles. The van der Waals surface area contributed by atoms with E-state index in [1.807, 2.05) is 11.3 Å². The number of aromatic nitrogens is 1. The lowest BCUT2D eigenvalue weighted by Gasteiger charge is -2.14. The number of hydrogen-bond donors (Lipinski definition) is 1. The lowest BCUT2D eigenvalue weighted by Crippen LogP contribution is -2.24. The predicted molar refractivity (Wildman–Crippen MR) is 76.9 cm³/mol. The Balaban J connectivity index is 1.50. The first-order chi connectivity index (χ1) is 8.50. The first kappa shape index (κ1) is 12.6. The van der Waals surface area contributed by atoms with Crippen LogP contribution >= 0.6 is 11.3 Å². The zero-order chi connectivity index (χ0) is 12.8. The highest BCUT2D eigenvalue weighted by atomic mass is 32.1. The number of thiazole rings is 1. The average molecular weight is 264 g/mol. The Bertz CT molecular complexity index is 422. The molecule has 3 heteroatoms. The monoisotopic (exact) mass is 264 g/mol. The van der Waals surface area contributed by atoms with Crippen molar-refractivity contribution >= 4 is 11.3 Å². The number of hydrogen-bond acceptors (Lipinski definition) is 3. The van der Waals surface area contributed by atoms with E-state index in [4.69, 9.17) is 0 Å². The zero-order valence-electron chi connectivity index (χ0n) is 11.8. The molecule has 0 saturated heterocycles. The second kappa shape index (κ2) is 4.31. The topological polar surface area (TPSA) is 24.9 Å². The van der Waals surface area contributed by atoms with Crippen LogP contribution in [-0.2, 0) is 12.0 Å². The van der Waals surface area contributed by atoms with E-state index >= 15 is 0 Å². The summed E-state index contributed by atoms with van der Waals surface area (Å²) in [5.74, 6) is 1.05. The van der Waals surface area contributed by atoms with Gasteiger partial charge in [-0.25, -0.2) is 4.98 Å². The molecule has 1 heterocycles. The van der Waals surface area contributed by atoms with E-state index in [9.17, 15) is 0 Å². The Hall–Kier alpha value is -0.410. The van der Waals surface area contributed by atoms with E-state index in [0.29, 0.717) is 5.41 Å². The Morgan fingerprint density at radius 3 is 2.61 bits per heavy atom. The van der Waals surface area contributed by atoms with E-state index in [2.05, 4.69) is 37.3 Å². The molecule has 0 spiro atoms. The van der Waals surface area contributed by atoms with Gasteiger partial charge in [-0.1, -0.05) is 20.8 Å². The molecule has 0 unspecified atom stereocenters. The molecule has 18 heavy (non-hydrogen) atoms. The molecule has 0 bridgehead atoms. The van der Waals surface area contributed by atoms with E-state index in [1.165, 1.54) is 42.1 Å². The Kier molecular flexibility index (Phi) is 3.02. The van der Waals surface area contributed by atoms with E-state index in [0.717, 1.165) is 12.5 Å². The maximum Gasteiger partial charge on any atom is 0.0981 e. The van der Waals surface area contributed by atoms with Crippen LogP contribution in [0.25, 0.3) is 0 Å². The fourth-order valence-electron chi connectivity index (χ4n) is 2.76. The van der Waals surface area contributed by atoms with E-state index in [1.54, 1.807) is 0 Å². The molecule has 0 aromatic carbocycles. The van der Waals surface area contributed by atoms with Crippen LogP contribution in [0.2, 0.25) is 0 Å².